The SMILES string of the molecule is CC.COP(Cc1ccc(O)cc1)OC. The van der Waals surface area contributed by atoms with Gasteiger partial charge in [0.1, 0.15) is 5.75 Å². The standard InChI is InChI=1S/C9H13O3P.C2H6/c1-11-13(12-2)7-8-3-5-9(10)6-4-8;1-2/h3-6,10H,7H2,1-2H3;1-2H3. The summed E-state index contributed by atoms with van der Waals surface area (Å²) < 4.78 is 10.2. The van der Waals surface area contributed by atoms with Crippen molar-refractivity contribution in [2.75, 3.05) is 14.2 Å². The number of hydrogen-bond donors (Lipinski definition) is 1. The van der Waals surface area contributed by atoms with Crippen LogP contribution in [0.25, 0.3) is 0 Å². The molecule has 1 N–H and O–H groups in total. The predicted molar refractivity (Wildman–Crippen MR) is 64.1 cm³/mol. The Morgan fingerprint density at radius 1 is 1.07 bits per heavy atom. The van der Waals surface area contributed by atoms with E-state index in [1.165, 1.54) is 0 Å². The number of aromatic hydroxyl groups is 1. The summed E-state index contributed by atoms with van der Waals surface area (Å²) in [6.45, 7) is 4.00. The summed E-state index contributed by atoms with van der Waals surface area (Å²) in [5.41, 5.74) is 1.10. The minimum atomic E-state index is -0.824. The van der Waals surface area contributed by atoms with Crippen LogP contribution >= 0.6 is 8.38 Å². The Kier molecular flexibility index (Phi) is 8.30. The third-order valence-electron chi connectivity index (χ3n) is 1.66. The van der Waals surface area contributed by atoms with Gasteiger partial charge in [-0.1, -0.05) is 26.0 Å². The van der Waals surface area contributed by atoms with E-state index in [1.807, 2.05) is 26.0 Å². The first-order valence-corrected chi connectivity index (χ1v) is 6.26. The van der Waals surface area contributed by atoms with Crippen LogP contribution in [0.15, 0.2) is 24.3 Å². The molecule has 0 aliphatic rings. The van der Waals surface area contributed by atoms with Gasteiger partial charge in [0.25, 0.3) is 0 Å². The summed E-state index contributed by atoms with van der Waals surface area (Å²) in [6.07, 6.45) is 0.753. The topological polar surface area (TPSA) is 38.7 Å². The van der Waals surface area contributed by atoms with Crippen LogP contribution in [-0.2, 0) is 15.2 Å². The molecule has 1 rings (SSSR count). The number of phenolic OH excluding ortho intramolecular Hbond substituents is 1. The van der Waals surface area contributed by atoms with Crippen molar-refractivity contribution in [2.45, 2.75) is 20.0 Å². The van der Waals surface area contributed by atoms with Crippen LogP contribution in [0.4, 0.5) is 0 Å². The molecule has 0 unspecified atom stereocenters. The molecule has 0 aromatic heterocycles. The highest BCUT2D eigenvalue weighted by molar-refractivity contribution is 7.46. The highest BCUT2D eigenvalue weighted by Gasteiger charge is 2.06. The Hall–Kier alpha value is -0.630. The van der Waals surface area contributed by atoms with Gasteiger partial charge in [0.2, 0.25) is 0 Å². The van der Waals surface area contributed by atoms with Gasteiger partial charge in [-0.3, -0.25) is 0 Å². The molecular formula is C11H19O3P. The van der Waals surface area contributed by atoms with Crippen LogP contribution in [0, 0.1) is 0 Å². The Labute approximate surface area is 93.0 Å². The molecule has 3 nitrogen and oxygen atoms in total. The normalized spacial score (nSPS) is 9.67. The number of phenols is 1. The van der Waals surface area contributed by atoms with E-state index >= 15 is 0 Å². The van der Waals surface area contributed by atoms with Crippen LogP contribution in [0.2, 0.25) is 0 Å². The van der Waals surface area contributed by atoms with Crippen molar-refractivity contribution in [2.24, 2.45) is 0 Å². The first-order valence-electron chi connectivity index (χ1n) is 4.90. The van der Waals surface area contributed by atoms with Crippen molar-refractivity contribution < 1.29 is 14.2 Å². The van der Waals surface area contributed by atoms with Gasteiger partial charge < -0.3 is 14.2 Å². The maximum Gasteiger partial charge on any atom is 0.174 e. The Bertz CT molecular complexity index is 245. The monoisotopic (exact) mass is 230 g/mol. The first-order chi connectivity index (χ1) is 7.26. The molecule has 0 heterocycles. The Morgan fingerprint density at radius 3 is 1.93 bits per heavy atom. The average molecular weight is 230 g/mol. The smallest absolute Gasteiger partial charge is 0.174 e. The summed E-state index contributed by atoms with van der Waals surface area (Å²) in [5.74, 6) is 0.280. The summed E-state index contributed by atoms with van der Waals surface area (Å²) in [7, 11) is 2.45. The molecule has 0 radical (unpaired) electrons. The number of hydrogen-bond acceptors (Lipinski definition) is 3. The molecule has 0 fully saturated rings. The lowest BCUT2D eigenvalue weighted by Gasteiger charge is -2.11. The minimum absolute atomic E-state index is 0.280. The fourth-order valence-corrected chi connectivity index (χ4v) is 1.87. The van der Waals surface area contributed by atoms with Gasteiger partial charge in [0.05, 0.1) is 0 Å². The average Bonchev–Trinajstić information content (AvgIpc) is 2.31. The van der Waals surface area contributed by atoms with Crippen molar-refractivity contribution in [3.63, 3.8) is 0 Å². The zero-order valence-electron chi connectivity index (χ0n) is 9.73. The van der Waals surface area contributed by atoms with Crippen molar-refractivity contribution in [1.82, 2.24) is 0 Å². The van der Waals surface area contributed by atoms with Crippen molar-refractivity contribution in [1.29, 1.82) is 0 Å². The Morgan fingerprint density at radius 2 is 1.53 bits per heavy atom. The van der Waals surface area contributed by atoms with Crippen LogP contribution in [0.5, 0.6) is 5.75 Å². The fourth-order valence-electron chi connectivity index (χ4n) is 0.954. The van der Waals surface area contributed by atoms with E-state index in [0.29, 0.717) is 0 Å². The van der Waals surface area contributed by atoms with Gasteiger partial charge in [-0.25, -0.2) is 0 Å². The lowest BCUT2D eigenvalue weighted by atomic mass is 10.2. The van der Waals surface area contributed by atoms with Gasteiger partial charge in [-0.2, -0.15) is 0 Å². The quantitative estimate of drug-likeness (QED) is 0.804. The molecule has 0 aliphatic carbocycles. The molecule has 86 valence electrons. The van der Waals surface area contributed by atoms with E-state index in [1.54, 1.807) is 26.4 Å². The molecule has 0 saturated carbocycles. The van der Waals surface area contributed by atoms with E-state index in [2.05, 4.69) is 0 Å². The second-order valence-electron chi connectivity index (χ2n) is 2.52. The number of benzene rings is 1. The molecule has 0 atom stereocenters. The molecule has 0 saturated heterocycles. The van der Waals surface area contributed by atoms with Gasteiger partial charge in [-0.15, -0.1) is 0 Å². The highest BCUT2D eigenvalue weighted by atomic mass is 31.2. The lowest BCUT2D eigenvalue weighted by Crippen LogP contribution is -1.87. The second-order valence-corrected chi connectivity index (χ2v) is 4.23. The molecule has 4 heteroatoms. The zero-order chi connectivity index (χ0) is 11.7. The molecule has 1 aromatic carbocycles. The third-order valence-corrected chi connectivity index (χ3v) is 3.09. The zero-order valence-corrected chi connectivity index (χ0v) is 10.6. The lowest BCUT2D eigenvalue weighted by molar-refractivity contribution is 0.339. The van der Waals surface area contributed by atoms with Crippen molar-refractivity contribution >= 4 is 8.38 Å². The van der Waals surface area contributed by atoms with E-state index in [9.17, 15) is 0 Å². The van der Waals surface area contributed by atoms with Gasteiger partial charge in [-0.05, 0) is 17.7 Å². The molecule has 0 spiro atoms. The van der Waals surface area contributed by atoms with Crippen molar-refractivity contribution in [3.05, 3.63) is 29.8 Å². The van der Waals surface area contributed by atoms with Crippen LogP contribution in [0.1, 0.15) is 19.4 Å². The van der Waals surface area contributed by atoms with E-state index in [0.717, 1.165) is 11.7 Å². The van der Waals surface area contributed by atoms with Crippen LogP contribution in [-0.4, -0.2) is 19.3 Å². The molecule has 0 amide bonds. The van der Waals surface area contributed by atoms with Gasteiger partial charge in [0.15, 0.2) is 8.38 Å². The molecular weight excluding hydrogens is 211 g/mol. The maximum absolute atomic E-state index is 9.05. The summed E-state index contributed by atoms with van der Waals surface area (Å²) >= 11 is 0. The minimum Gasteiger partial charge on any atom is -0.508 e. The second kappa shape index (κ2) is 8.66. The van der Waals surface area contributed by atoms with Crippen LogP contribution in [0.3, 0.4) is 0 Å². The summed E-state index contributed by atoms with van der Waals surface area (Å²) in [4.78, 5) is 0. The Balaban J connectivity index is 0.000000921. The fraction of sp³-hybridized carbons (Fsp3) is 0.455. The highest BCUT2D eigenvalue weighted by Crippen LogP contribution is 2.40. The van der Waals surface area contributed by atoms with Crippen LogP contribution < -0.4 is 0 Å². The van der Waals surface area contributed by atoms with Gasteiger partial charge >= 0.3 is 0 Å². The van der Waals surface area contributed by atoms with E-state index < -0.39 is 8.38 Å². The van der Waals surface area contributed by atoms with E-state index in [4.69, 9.17) is 14.2 Å². The molecule has 1 aromatic rings. The molecule has 0 aliphatic heterocycles. The van der Waals surface area contributed by atoms with Gasteiger partial charge in [0, 0.05) is 20.4 Å². The third kappa shape index (κ3) is 5.73. The first kappa shape index (κ1) is 14.4. The van der Waals surface area contributed by atoms with E-state index in [-0.39, 0.29) is 5.75 Å². The predicted octanol–water partition coefficient (Wildman–Crippen LogP) is 3.52. The maximum atomic E-state index is 9.05. The summed E-state index contributed by atoms with van der Waals surface area (Å²) in [6, 6.07) is 7.05. The van der Waals surface area contributed by atoms with Crippen molar-refractivity contribution in [3.8, 4) is 5.75 Å². The number of rotatable bonds is 4. The molecule has 0 bridgehead atoms. The largest absolute Gasteiger partial charge is 0.508 e. The molecule has 15 heavy (non-hydrogen) atoms. The summed E-state index contributed by atoms with van der Waals surface area (Å²) in [5, 5.41) is 9.05.